The van der Waals surface area contributed by atoms with Gasteiger partial charge in [-0.15, -0.1) is 0 Å². The predicted molar refractivity (Wildman–Crippen MR) is 96.0 cm³/mol. The molecular weight excluding hydrogens is 326 g/mol. The molecule has 0 aliphatic rings. The molecule has 1 N–H and O–H groups in total. The number of methoxy groups -OCH3 is 1. The number of carbonyl (C=O) groups excluding carboxylic acids is 1. The van der Waals surface area contributed by atoms with Gasteiger partial charge < -0.3 is 14.6 Å². The van der Waals surface area contributed by atoms with Gasteiger partial charge in [0, 0.05) is 24.7 Å². The van der Waals surface area contributed by atoms with Gasteiger partial charge in [0.1, 0.15) is 11.6 Å². The average Bonchev–Trinajstić information content (AvgIpc) is 2.90. The number of benzene rings is 2. The molecule has 1 amide bonds. The van der Waals surface area contributed by atoms with Crippen LogP contribution in [0.5, 0.6) is 5.75 Å². The summed E-state index contributed by atoms with van der Waals surface area (Å²) >= 11 is 6.08. The van der Waals surface area contributed by atoms with Crippen molar-refractivity contribution in [3.63, 3.8) is 0 Å². The second-order valence-corrected chi connectivity index (χ2v) is 5.85. The number of rotatable bonds is 4. The third-order valence-corrected chi connectivity index (χ3v) is 4.26. The maximum atomic E-state index is 12.5. The van der Waals surface area contributed by atoms with Crippen molar-refractivity contribution >= 4 is 34.2 Å². The first kappa shape index (κ1) is 16.3. The van der Waals surface area contributed by atoms with E-state index in [1.807, 2.05) is 17.7 Å². The minimum atomic E-state index is -0.207. The van der Waals surface area contributed by atoms with E-state index in [-0.39, 0.29) is 5.91 Å². The lowest BCUT2D eigenvalue weighted by atomic mass is 10.2. The van der Waals surface area contributed by atoms with E-state index in [4.69, 9.17) is 16.3 Å². The van der Waals surface area contributed by atoms with Crippen LogP contribution >= 0.6 is 11.6 Å². The zero-order valence-electron chi connectivity index (χ0n) is 13.8. The third kappa shape index (κ3) is 2.95. The lowest BCUT2D eigenvalue weighted by molar-refractivity contribution is 0.102. The Labute approximate surface area is 145 Å². The van der Waals surface area contributed by atoms with Gasteiger partial charge in [0.25, 0.3) is 5.91 Å². The highest BCUT2D eigenvalue weighted by atomic mass is 35.5. The molecule has 124 valence electrons. The van der Waals surface area contributed by atoms with Crippen LogP contribution in [0.2, 0.25) is 5.02 Å². The summed E-state index contributed by atoms with van der Waals surface area (Å²) in [6, 6.07) is 10.6. The summed E-state index contributed by atoms with van der Waals surface area (Å²) in [4.78, 5) is 17.0. The number of anilines is 1. The molecule has 2 aromatic carbocycles. The van der Waals surface area contributed by atoms with E-state index in [1.165, 1.54) is 0 Å². The molecule has 0 spiro atoms. The largest absolute Gasteiger partial charge is 0.495 e. The lowest BCUT2D eigenvalue weighted by Crippen LogP contribution is -2.11. The Bertz CT molecular complexity index is 918. The van der Waals surface area contributed by atoms with Crippen LogP contribution in [0, 0.1) is 0 Å². The van der Waals surface area contributed by atoms with Gasteiger partial charge in [0.2, 0.25) is 0 Å². The first-order valence-electron chi connectivity index (χ1n) is 7.63. The van der Waals surface area contributed by atoms with E-state index in [9.17, 15) is 4.79 Å². The molecule has 0 saturated carbocycles. The number of imidazole rings is 1. The number of amides is 1. The molecule has 24 heavy (non-hydrogen) atoms. The summed E-state index contributed by atoms with van der Waals surface area (Å²) in [5.74, 6) is 1.35. The molecule has 0 unspecified atom stereocenters. The fourth-order valence-electron chi connectivity index (χ4n) is 2.65. The number of carbonyl (C=O) groups is 1. The molecule has 0 aliphatic heterocycles. The van der Waals surface area contributed by atoms with Crippen LogP contribution in [-0.2, 0) is 13.5 Å². The standard InChI is InChI=1S/C18H18ClN3O2/c1-4-17-21-14-9-11(5-7-15(14)22(17)2)18(23)20-12-6-8-16(24-3)13(19)10-12/h5-10H,4H2,1-3H3,(H,20,23). The van der Waals surface area contributed by atoms with Crippen LogP contribution < -0.4 is 10.1 Å². The summed E-state index contributed by atoms with van der Waals surface area (Å²) in [5, 5.41) is 3.28. The van der Waals surface area contributed by atoms with Crippen molar-refractivity contribution in [2.45, 2.75) is 13.3 Å². The summed E-state index contributed by atoms with van der Waals surface area (Å²) in [6.45, 7) is 2.06. The smallest absolute Gasteiger partial charge is 0.255 e. The van der Waals surface area contributed by atoms with Crippen LogP contribution in [0.3, 0.4) is 0 Å². The molecule has 3 aromatic rings. The van der Waals surface area contributed by atoms with Gasteiger partial charge in [-0.3, -0.25) is 4.79 Å². The molecule has 3 rings (SSSR count). The van der Waals surface area contributed by atoms with E-state index in [0.29, 0.717) is 22.0 Å². The number of nitrogens with zero attached hydrogens (tertiary/aromatic N) is 2. The highest BCUT2D eigenvalue weighted by molar-refractivity contribution is 6.32. The number of fused-ring (bicyclic) bond motifs is 1. The van der Waals surface area contributed by atoms with Crippen LogP contribution in [0.1, 0.15) is 23.1 Å². The van der Waals surface area contributed by atoms with Crippen molar-refractivity contribution in [2.75, 3.05) is 12.4 Å². The summed E-state index contributed by atoms with van der Waals surface area (Å²) in [5.41, 5.74) is 2.99. The van der Waals surface area contributed by atoms with E-state index >= 15 is 0 Å². The maximum Gasteiger partial charge on any atom is 0.255 e. The lowest BCUT2D eigenvalue weighted by Gasteiger charge is -2.08. The Morgan fingerprint density at radius 1 is 1.29 bits per heavy atom. The Kier molecular flexibility index (Phi) is 4.44. The van der Waals surface area contributed by atoms with Gasteiger partial charge in [0.05, 0.1) is 23.2 Å². The second-order valence-electron chi connectivity index (χ2n) is 5.45. The Hall–Kier alpha value is -2.53. The fourth-order valence-corrected chi connectivity index (χ4v) is 2.91. The number of nitrogens with one attached hydrogen (secondary N) is 1. The van der Waals surface area contributed by atoms with E-state index in [0.717, 1.165) is 23.3 Å². The number of hydrogen-bond donors (Lipinski definition) is 1. The van der Waals surface area contributed by atoms with Gasteiger partial charge in [0.15, 0.2) is 0 Å². The van der Waals surface area contributed by atoms with Crippen molar-refractivity contribution in [1.29, 1.82) is 0 Å². The Balaban J connectivity index is 1.87. The topological polar surface area (TPSA) is 56.1 Å². The van der Waals surface area contributed by atoms with Crippen molar-refractivity contribution in [3.8, 4) is 5.75 Å². The molecule has 0 fully saturated rings. The van der Waals surface area contributed by atoms with Gasteiger partial charge in [-0.2, -0.15) is 0 Å². The quantitative estimate of drug-likeness (QED) is 0.777. The van der Waals surface area contributed by atoms with Crippen LogP contribution in [0.25, 0.3) is 11.0 Å². The van der Waals surface area contributed by atoms with Crippen LogP contribution in [-0.4, -0.2) is 22.6 Å². The molecule has 0 radical (unpaired) electrons. The fraction of sp³-hybridized carbons (Fsp3) is 0.222. The molecule has 0 atom stereocenters. The van der Waals surface area contributed by atoms with Crippen LogP contribution in [0.15, 0.2) is 36.4 Å². The highest BCUT2D eigenvalue weighted by Crippen LogP contribution is 2.27. The normalized spacial score (nSPS) is 10.8. The third-order valence-electron chi connectivity index (χ3n) is 3.96. The summed E-state index contributed by atoms with van der Waals surface area (Å²) < 4.78 is 7.15. The van der Waals surface area contributed by atoms with Crippen LogP contribution in [0.4, 0.5) is 5.69 Å². The number of halogens is 1. The van der Waals surface area contributed by atoms with E-state index < -0.39 is 0 Å². The molecule has 1 aromatic heterocycles. The number of aryl methyl sites for hydroxylation is 2. The van der Waals surface area contributed by atoms with Crippen molar-refractivity contribution in [1.82, 2.24) is 9.55 Å². The van der Waals surface area contributed by atoms with Gasteiger partial charge in [-0.05, 0) is 36.4 Å². The molecular formula is C18H18ClN3O2. The number of ether oxygens (including phenoxy) is 1. The zero-order chi connectivity index (χ0) is 17.3. The Morgan fingerprint density at radius 2 is 2.08 bits per heavy atom. The predicted octanol–water partition coefficient (Wildman–Crippen LogP) is 4.05. The Morgan fingerprint density at radius 3 is 2.75 bits per heavy atom. The number of aromatic nitrogens is 2. The SMILES string of the molecule is CCc1nc2cc(C(=O)Nc3ccc(OC)c(Cl)c3)ccc2n1C. The second kappa shape index (κ2) is 6.53. The molecule has 0 saturated heterocycles. The van der Waals surface area contributed by atoms with Crippen molar-refractivity contribution < 1.29 is 9.53 Å². The molecule has 6 heteroatoms. The molecule has 0 aliphatic carbocycles. The molecule has 5 nitrogen and oxygen atoms in total. The number of hydrogen-bond acceptors (Lipinski definition) is 3. The zero-order valence-corrected chi connectivity index (χ0v) is 14.5. The maximum absolute atomic E-state index is 12.5. The van der Waals surface area contributed by atoms with E-state index in [2.05, 4.69) is 17.2 Å². The van der Waals surface area contributed by atoms with E-state index in [1.54, 1.807) is 37.4 Å². The van der Waals surface area contributed by atoms with Crippen molar-refractivity contribution in [3.05, 3.63) is 52.8 Å². The molecule has 1 heterocycles. The monoisotopic (exact) mass is 343 g/mol. The first-order valence-corrected chi connectivity index (χ1v) is 8.01. The summed E-state index contributed by atoms with van der Waals surface area (Å²) in [6.07, 6.45) is 0.844. The van der Waals surface area contributed by atoms with Gasteiger partial charge in [-0.1, -0.05) is 18.5 Å². The average molecular weight is 344 g/mol. The minimum absolute atomic E-state index is 0.207. The van der Waals surface area contributed by atoms with Crippen molar-refractivity contribution in [2.24, 2.45) is 7.05 Å². The molecule has 0 bridgehead atoms. The highest BCUT2D eigenvalue weighted by Gasteiger charge is 2.12. The van der Waals surface area contributed by atoms with Gasteiger partial charge in [-0.25, -0.2) is 4.98 Å². The summed E-state index contributed by atoms with van der Waals surface area (Å²) in [7, 11) is 3.53. The minimum Gasteiger partial charge on any atom is -0.495 e. The first-order chi connectivity index (χ1) is 11.5. The van der Waals surface area contributed by atoms with Gasteiger partial charge >= 0.3 is 0 Å².